The minimum atomic E-state index is -0.382. The van der Waals surface area contributed by atoms with Crippen LogP contribution in [0.1, 0.15) is 22.3 Å². The summed E-state index contributed by atoms with van der Waals surface area (Å²) < 4.78 is 0. The molecule has 5 N–H and O–H groups in total. The van der Waals surface area contributed by atoms with E-state index in [0.29, 0.717) is 12.2 Å². The van der Waals surface area contributed by atoms with Gasteiger partial charge in [-0.05, 0) is 66.7 Å². The molecule has 0 fully saturated rings. The van der Waals surface area contributed by atoms with E-state index in [2.05, 4.69) is 5.32 Å². The molecule has 3 rings (SSSR count). The van der Waals surface area contributed by atoms with Crippen LogP contribution < -0.4 is 11.1 Å². The minimum Gasteiger partial charge on any atom is -0.508 e. The number of phenolic OH excluding ortho intramolecular Hbond substituents is 2. The largest absolute Gasteiger partial charge is 0.508 e. The predicted molar refractivity (Wildman–Crippen MR) is 99.0 cm³/mol. The van der Waals surface area contributed by atoms with E-state index < -0.39 is 0 Å². The summed E-state index contributed by atoms with van der Waals surface area (Å²) in [6.07, 6.45) is 1.57. The van der Waals surface area contributed by atoms with E-state index in [9.17, 15) is 15.0 Å². The summed E-state index contributed by atoms with van der Waals surface area (Å²) in [5.74, 6) is -0.277. The normalized spacial score (nSPS) is 10.8. The van der Waals surface area contributed by atoms with Gasteiger partial charge in [0.05, 0.1) is 5.56 Å². The Hall–Kier alpha value is -3.05. The molecule has 5 heteroatoms. The quantitative estimate of drug-likeness (QED) is 0.574. The molecular weight excluding hydrogens is 316 g/mol. The Morgan fingerprint density at radius 3 is 2.68 bits per heavy atom. The molecule has 1 amide bonds. The van der Waals surface area contributed by atoms with E-state index >= 15 is 0 Å². The Balaban J connectivity index is 1.90. The number of aryl methyl sites for hydroxylation is 1. The molecule has 0 saturated carbocycles. The van der Waals surface area contributed by atoms with Gasteiger partial charge in [0.15, 0.2) is 0 Å². The van der Waals surface area contributed by atoms with Gasteiger partial charge in [0.25, 0.3) is 5.91 Å². The summed E-state index contributed by atoms with van der Waals surface area (Å²) in [6, 6.07) is 15.4. The van der Waals surface area contributed by atoms with Crippen molar-refractivity contribution in [2.45, 2.75) is 12.8 Å². The molecule has 0 heterocycles. The third kappa shape index (κ3) is 3.72. The van der Waals surface area contributed by atoms with Crippen LogP contribution in [0, 0.1) is 0 Å². The third-order valence-corrected chi connectivity index (χ3v) is 4.09. The van der Waals surface area contributed by atoms with Crippen LogP contribution in [-0.2, 0) is 6.42 Å². The van der Waals surface area contributed by atoms with E-state index in [1.807, 2.05) is 6.07 Å². The van der Waals surface area contributed by atoms with Crippen LogP contribution in [-0.4, -0.2) is 22.7 Å². The summed E-state index contributed by atoms with van der Waals surface area (Å²) in [7, 11) is 0. The monoisotopic (exact) mass is 336 g/mol. The van der Waals surface area contributed by atoms with Gasteiger partial charge in [-0.15, -0.1) is 0 Å². The van der Waals surface area contributed by atoms with Crippen molar-refractivity contribution in [1.29, 1.82) is 0 Å². The highest BCUT2D eigenvalue weighted by molar-refractivity contribution is 6.10. The first-order valence-corrected chi connectivity index (χ1v) is 8.13. The van der Waals surface area contributed by atoms with Crippen LogP contribution in [0.25, 0.3) is 10.8 Å². The second-order valence-corrected chi connectivity index (χ2v) is 5.91. The number of benzene rings is 3. The summed E-state index contributed by atoms with van der Waals surface area (Å²) in [5, 5.41) is 24.1. The number of aromatic hydroxyl groups is 2. The van der Waals surface area contributed by atoms with Crippen molar-refractivity contribution >= 4 is 22.4 Å². The van der Waals surface area contributed by atoms with Gasteiger partial charge in [0.2, 0.25) is 0 Å². The van der Waals surface area contributed by atoms with Crippen LogP contribution >= 0.6 is 0 Å². The molecule has 0 saturated heterocycles. The van der Waals surface area contributed by atoms with E-state index in [0.717, 1.165) is 29.2 Å². The third-order valence-electron chi connectivity index (χ3n) is 4.09. The number of fused-ring (bicyclic) bond motifs is 1. The van der Waals surface area contributed by atoms with E-state index in [4.69, 9.17) is 5.73 Å². The van der Waals surface area contributed by atoms with Crippen molar-refractivity contribution in [3.8, 4) is 11.5 Å². The number of carbonyl (C=O) groups excluding carboxylic acids is 1. The SMILES string of the molecule is NCCCc1ccc(O)c(C(=O)Nc2cccc3cc(O)ccc23)c1. The van der Waals surface area contributed by atoms with Gasteiger partial charge in [-0.25, -0.2) is 0 Å². The van der Waals surface area contributed by atoms with Gasteiger partial charge in [0, 0.05) is 11.1 Å². The van der Waals surface area contributed by atoms with E-state index in [-0.39, 0.29) is 23.0 Å². The summed E-state index contributed by atoms with van der Waals surface area (Å²) in [5.41, 5.74) is 7.32. The van der Waals surface area contributed by atoms with Gasteiger partial charge >= 0.3 is 0 Å². The fourth-order valence-corrected chi connectivity index (χ4v) is 2.80. The highest BCUT2D eigenvalue weighted by Gasteiger charge is 2.13. The van der Waals surface area contributed by atoms with Crippen molar-refractivity contribution in [1.82, 2.24) is 0 Å². The second-order valence-electron chi connectivity index (χ2n) is 5.91. The number of hydrogen-bond acceptors (Lipinski definition) is 4. The summed E-state index contributed by atoms with van der Waals surface area (Å²) in [4.78, 5) is 12.6. The fraction of sp³-hybridized carbons (Fsp3) is 0.150. The van der Waals surface area contributed by atoms with Crippen molar-refractivity contribution in [3.63, 3.8) is 0 Å². The van der Waals surface area contributed by atoms with Crippen molar-refractivity contribution in [2.75, 3.05) is 11.9 Å². The highest BCUT2D eigenvalue weighted by atomic mass is 16.3. The molecule has 5 nitrogen and oxygen atoms in total. The molecule has 0 aromatic heterocycles. The Morgan fingerprint density at radius 1 is 1.04 bits per heavy atom. The number of rotatable bonds is 5. The molecule has 0 radical (unpaired) electrons. The number of amides is 1. The number of anilines is 1. The Bertz CT molecular complexity index is 922. The first-order valence-electron chi connectivity index (χ1n) is 8.13. The second kappa shape index (κ2) is 7.23. The lowest BCUT2D eigenvalue weighted by atomic mass is 10.0. The Labute approximate surface area is 145 Å². The summed E-state index contributed by atoms with van der Waals surface area (Å²) in [6.45, 7) is 0.575. The number of nitrogens with two attached hydrogens (primary N) is 1. The lowest BCUT2D eigenvalue weighted by molar-refractivity contribution is 0.102. The molecule has 128 valence electrons. The van der Waals surface area contributed by atoms with Gasteiger partial charge in [-0.3, -0.25) is 4.79 Å². The first kappa shape index (κ1) is 16.8. The number of hydrogen-bond donors (Lipinski definition) is 4. The van der Waals surface area contributed by atoms with Crippen molar-refractivity contribution in [2.24, 2.45) is 5.73 Å². The summed E-state index contributed by atoms with van der Waals surface area (Å²) >= 11 is 0. The highest BCUT2D eigenvalue weighted by Crippen LogP contribution is 2.28. The maximum atomic E-state index is 12.6. The van der Waals surface area contributed by atoms with Gasteiger partial charge in [0.1, 0.15) is 11.5 Å². The van der Waals surface area contributed by atoms with Crippen LogP contribution in [0.2, 0.25) is 0 Å². The average molecular weight is 336 g/mol. The smallest absolute Gasteiger partial charge is 0.259 e. The van der Waals surface area contributed by atoms with Gasteiger partial charge in [-0.2, -0.15) is 0 Å². The number of carbonyl (C=O) groups is 1. The zero-order valence-electron chi connectivity index (χ0n) is 13.7. The molecule has 0 atom stereocenters. The lowest BCUT2D eigenvalue weighted by Crippen LogP contribution is -2.13. The predicted octanol–water partition coefficient (Wildman–Crippen LogP) is 3.39. The topological polar surface area (TPSA) is 95.6 Å². The molecule has 0 aliphatic rings. The first-order chi connectivity index (χ1) is 12.1. The molecular formula is C20H20N2O3. The molecule has 3 aromatic rings. The molecule has 25 heavy (non-hydrogen) atoms. The minimum absolute atomic E-state index is 0.0631. The average Bonchev–Trinajstić information content (AvgIpc) is 2.60. The fourth-order valence-electron chi connectivity index (χ4n) is 2.80. The molecule has 0 aliphatic heterocycles. The van der Waals surface area contributed by atoms with Crippen molar-refractivity contribution in [3.05, 3.63) is 65.7 Å². The van der Waals surface area contributed by atoms with Gasteiger partial charge in [-0.1, -0.05) is 18.2 Å². The van der Waals surface area contributed by atoms with E-state index in [1.54, 1.807) is 42.5 Å². The standard InChI is InChI=1S/C20H20N2O3/c21-10-2-3-13-6-9-19(24)17(11-13)20(25)22-18-5-1-4-14-12-15(23)7-8-16(14)18/h1,4-9,11-12,23-24H,2-3,10,21H2,(H,22,25). The maximum Gasteiger partial charge on any atom is 0.259 e. The number of phenols is 2. The molecule has 0 aliphatic carbocycles. The zero-order chi connectivity index (χ0) is 17.8. The number of nitrogens with one attached hydrogen (secondary N) is 1. The van der Waals surface area contributed by atoms with Crippen LogP contribution in [0.5, 0.6) is 11.5 Å². The van der Waals surface area contributed by atoms with Crippen molar-refractivity contribution < 1.29 is 15.0 Å². The molecule has 3 aromatic carbocycles. The lowest BCUT2D eigenvalue weighted by Gasteiger charge is -2.11. The molecule has 0 unspecified atom stereocenters. The Morgan fingerprint density at radius 2 is 1.88 bits per heavy atom. The molecule has 0 spiro atoms. The zero-order valence-corrected chi connectivity index (χ0v) is 13.7. The van der Waals surface area contributed by atoms with E-state index in [1.165, 1.54) is 6.07 Å². The maximum absolute atomic E-state index is 12.6. The van der Waals surface area contributed by atoms with Crippen LogP contribution in [0.3, 0.4) is 0 Å². The van der Waals surface area contributed by atoms with Crippen LogP contribution in [0.15, 0.2) is 54.6 Å². The Kier molecular flexibility index (Phi) is 4.86. The van der Waals surface area contributed by atoms with Gasteiger partial charge < -0.3 is 21.3 Å². The van der Waals surface area contributed by atoms with Crippen LogP contribution in [0.4, 0.5) is 5.69 Å². The molecule has 0 bridgehead atoms.